The van der Waals surface area contributed by atoms with Crippen molar-refractivity contribution in [3.8, 4) is 0 Å². The number of carboxylic acid groups (broad SMARTS) is 1. The lowest BCUT2D eigenvalue weighted by atomic mass is 10.1. The van der Waals surface area contributed by atoms with Gasteiger partial charge < -0.3 is 20.8 Å². The predicted molar refractivity (Wildman–Crippen MR) is 68.7 cm³/mol. The number of benzene rings is 1. The Morgan fingerprint density at radius 2 is 2.11 bits per heavy atom. The molecule has 1 aromatic carbocycles. The van der Waals surface area contributed by atoms with Crippen LogP contribution in [0.3, 0.4) is 0 Å². The topological polar surface area (TPSA) is 104 Å². The number of nitrogens with two attached hydrogens (primary N) is 1. The van der Waals surface area contributed by atoms with Gasteiger partial charge in [-0.1, -0.05) is 0 Å². The van der Waals surface area contributed by atoms with Gasteiger partial charge in [0.1, 0.15) is 6.04 Å². The highest BCUT2D eigenvalue weighted by atomic mass is 16.4. The van der Waals surface area contributed by atoms with Gasteiger partial charge in [0.2, 0.25) is 0 Å². The Balaban J connectivity index is 2.27. The van der Waals surface area contributed by atoms with Crippen LogP contribution < -0.4 is 5.73 Å². The number of aliphatic hydroxyl groups excluding tert-OH is 1. The number of rotatable bonds is 2. The first-order valence-electron chi connectivity index (χ1n) is 5.98. The van der Waals surface area contributed by atoms with E-state index in [9.17, 15) is 14.7 Å². The van der Waals surface area contributed by atoms with Crippen LogP contribution in [0.1, 0.15) is 22.3 Å². The van der Waals surface area contributed by atoms with E-state index >= 15 is 0 Å². The third-order valence-corrected chi connectivity index (χ3v) is 3.34. The van der Waals surface area contributed by atoms with E-state index in [4.69, 9.17) is 10.8 Å². The number of hydrogen-bond acceptors (Lipinski definition) is 4. The van der Waals surface area contributed by atoms with Crippen LogP contribution in [0.4, 0.5) is 5.69 Å². The average molecular weight is 264 g/mol. The molecule has 2 rings (SSSR count). The smallest absolute Gasteiger partial charge is 0.326 e. The molecule has 0 spiro atoms. The number of aliphatic carboxylic acids is 1. The highest BCUT2D eigenvalue weighted by molar-refractivity contribution is 5.97. The molecule has 6 heteroatoms. The molecule has 102 valence electrons. The van der Waals surface area contributed by atoms with Crippen LogP contribution in [0.15, 0.2) is 18.2 Å². The average Bonchev–Trinajstić information content (AvgIpc) is 2.74. The Morgan fingerprint density at radius 3 is 2.68 bits per heavy atom. The Morgan fingerprint density at radius 1 is 1.42 bits per heavy atom. The fourth-order valence-electron chi connectivity index (χ4n) is 2.25. The molecule has 2 atom stereocenters. The molecule has 1 fully saturated rings. The molecule has 6 nitrogen and oxygen atoms in total. The molecule has 1 aliphatic heterocycles. The summed E-state index contributed by atoms with van der Waals surface area (Å²) >= 11 is 0. The summed E-state index contributed by atoms with van der Waals surface area (Å²) in [4.78, 5) is 24.6. The molecule has 0 radical (unpaired) electrons. The predicted octanol–water partition coefficient (Wildman–Crippen LogP) is 0.237. The largest absolute Gasteiger partial charge is 0.480 e. The van der Waals surface area contributed by atoms with E-state index < -0.39 is 24.0 Å². The highest BCUT2D eigenvalue weighted by Gasteiger charge is 2.39. The van der Waals surface area contributed by atoms with E-state index in [1.807, 2.05) is 0 Å². The van der Waals surface area contributed by atoms with Crippen molar-refractivity contribution in [1.82, 2.24) is 4.90 Å². The second kappa shape index (κ2) is 4.89. The van der Waals surface area contributed by atoms with E-state index in [1.54, 1.807) is 25.1 Å². The molecule has 0 unspecified atom stereocenters. The number of hydrogen-bond donors (Lipinski definition) is 3. The van der Waals surface area contributed by atoms with Crippen molar-refractivity contribution in [2.45, 2.75) is 25.5 Å². The highest BCUT2D eigenvalue weighted by Crippen LogP contribution is 2.22. The van der Waals surface area contributed by atoms with E-state index in [1.165, 1.54) is 4.90 Å². The van der Waals surface area contributed by atoms with Crippen molar-refractivity contribution in [3.63, 3.8) is 0 Å². The standard InChI is InChI=1S/C13H16N2O4/c1-7-4-8(2-3-10(7)14)12(17)15-6-9(16)5-11(15)13(18)19/h2-4,9,11,16H,5-6,14H2,1H3,(H,18,19)/t9-,11-/m1/s1. The zero-order chi connectivity index (χ0) is 14.2. The van der Waals surface area contributed by atoms with Gasteiger partial charge in [0, 0.05) is 24.2 Å². The molecule has 4 N–H and O–H groups in total. The summed E-state index contributed by atoms with van der Waals surface area (Å²) in [5.41, 5.74) is 7.40. The number of anilines is 1. The number of likely N-dealkylation sites (tertiary alicyclic amines) is 1. The zero-order valence-corrected chi connectivity index (χ0v) is 10.5. The molecule has 0 bridgehead atoms. The molecule has 0 aliphatic carbocycles. The Hall–Kier alpha value is -2.08. The molecule has 0 aromatic heterocycles. The van der Waals surface area contributed by atoms with Crippen molar-refractivity contribution in [2.75, 3.05) is 12.3 Å². The number of carbonyl (C=O) groups excluding carboxylic acids is 1. The summed E-state index contributed by atoms with van der Waals surface area (Å²) in [5, 5.41) is 18.6. The van der Waals surface area contributed by atoms with Gasteiger partial charge in [-0.2, -0.15) is 0 Å². The molecule has 1 saturated heterocycles. The fourth-order valence-corrected chi connectivity index (χ4v) is 2.25. The van der Waals surface area contributed by atoms with Crippen LogP contribution in [0.5, 0.6) is 0 Å². The molecular formula is C13H16N2O4. The van der Waals surface area contributed by atoms with E-state index in [0.29, 0.717) is 11.3 Å². The van der Waals surface area contributed by atoms with Crippen molar-refractivity contribution >= 4 is 17.6 Å². The van der Waals surface area contributed by atoms with Crippen LogP contribution in [0, 0.1) is 6.92 Å². The van der Waals surface area contributed by atoms with Gasteiger partial charge >= 0.3 is 5.97 Å². The van der Waals surface area contributed by atoms with Gasteiger partial charge in [-0.05, 0) is 30.7 Å². The van der Waals surface area contributed by atoms with Crippen LogP contribution in [-0.2, 0) is 4.79 Å². The van der Waals surface area contributed by atoms with Crippen LogP contribution >= 0.6 is 0 Å². The first-order valence-corrected chi connectivity index (χ1v) is 5.98. The number of aliphatic hydroxyl groups is 1. The molecule has 19 heavy (non-hydrogen) atoms. The number of amides is 1. The SMILES string of the molecule is Cc1cc(C(=O)N2C[C@H](O)C[C@@H]2C(=O)O)ccc1N. The van der Waals surface area contributed by atoms with Crippen molar-refractivity contribution < 1.29 is 19.8 Å². The quantitative estimate of drug-likeness (QED) is 0.664. The second-order valence-corrected chi connectivity index (χ2v) is 4.77. The van der Waals surface area contributed by atoms with Gasteiger partial charge in [0.05, 0.1) is 6.10 Å². The Labute approximate surface area is 110 Å². The lowest BCUT2D eigenvalue weighted by Gasteiger charge is -2.21. The summed E-state index contributed by atoms with van der Waals surface area (Å²) < 4.78 is 0. The summed E-state index contributed by atoms with van der Waals surface area (Å²) in [6.45, 7) is 1.82. The number of nitrogen functional groups attached to an aromatic ring is 1. The minimum atomic E-state index is -1.10. The monoisotopic (exact) mass is 264 g/mol. The third-order valence-electron chi connectivity index (χ3n) is 3.34. The summed E-state index contributed by atoms with van der Waals surface area (Å²) in [6, 6.07) is 3.83. The number of carbonyl (C=O) groups is 2. The number of nitrogens with zero attached hydrogens (tertiary/aromatic N) is 1. The van der Waals surface area contributed by atoms with E-state index in [0.717, 1.165) is 5.56 Å². The summed E-state index contributed by atoms with van der Waals surface area (Å²) in [6.07, 6.45) is -0.727. The van der Waals surface area contributed by atoms with Gasteiger partial charge in [-0.25, -0.2) is 4.79 Å². The number of carboxylic acids is 1. The summed E-state index contributed by atoms with van der Waals surface area (Å²) in [7, 11) is 0. The molecule has 1 heterocycles. The molecule has 1 aliphatic rings. The van der Waals surface area contributed by atoms with Crippen molar-refractivity contribution in [1.29, 1.82) is 0 Å². The molecule has 0 saturated carbocycles. The fraction of sp³-hybridized carbons (Fsp3) is 0.385. The summed E-state index contributed by atoms with van der Waals surface area (Å²) in [5.74, 6) is -1.50. The van der Waals surface area contributed by atoms with Crippen LogP contribution in [0.25, 0.3) is 0 Å². The van der Waals surface area contributed by atoms with Gasteiger partial charge in [0.15, 0.2) is 0 Å². The zero-order valence-electron chi connectivity index (χ0n) is 10.5. The van der Waals surface area contributed by atoms with Crippen LogP contribution in [-0.4, -0.2) is 45.7 Å². The maximum atomic E-state index is 12.3. The maximum absolute atomic E-state index is 12.3. The second-order valence-electron chi connectivity index (χ2n) is 4.77. The van der Waals surface area contributed by atoms with Crippen LogP contribution in [0.2, 0.25) is 0 Å². The maximum Gasteiger partial charge on any atom is 0.326 e. The van der Waals surface area contributed by atoms with E-state index in [-0.39, 0.29) is 13.0 Å². The van der Waals surface area contributed by atoms with Gasteiger partial charge in [0.25, 0.3) is 5.91 Å². The minimum absolute atomic E-state index is 0.0409. The lowest BCUT2D eigenvalue weighted by Crippen LogP contribution is -2.40. The Kier molecular flexibility index (Phi) is 3.44. The van der Waals surface area contributed by atoms with Crippen molar-refractivity contribution in [3.05, 3.63) is 29.3 Å². The number of β-amino-alcohol motifs (C(OH)–C–C–N with tert-alkyl or cyclic N) is 1. The van der Waals surface area contributed by atoms with Crippen molar-refractivity contribution in [2.24, 2.45) is 0 Å². The molecular weight excluding hydrogens is 248 g/mol. The first kappa shape index (κ1) is 13.4. The normalized spacial score (nSPS) is 22.5. The number of aryl methyl sites for hydroxylation is 1. The van der Waals surface area contributed by atoms with Gasteiger partial charge in [-0.3, -0.25) is 4.79 Å². The van der Waals surface area contributed by atoms with Gasteiger partial charge in [-0.15, -0.1) is 0 Å². The van der Waals surface area contributed by atoms with E-state index in [2.05, 4.69) is 0 Å². The third kappa shape index (κ3) is 2.53. The lowest BCUT2D eigenvalue weighted by molar-refractivity contribution is -0.141. The minimum Gasteiger partial charge on any atom is -0.480 e. The molecule has 1 aromatic rings. The molecule has 1 amide bonds. The Bertz CT molecular complexity index is 529. The first-order chi connectivity index (χ1) is 8.90.